The zero-order valence-corrected chi connectivity index (χ0v) is 15.5. The van der Waals surface area contributed by atoms with E-state index in [0.717, 1.165) is 13.0 Å². The summed E-state index contributed by atoms with van der Waals surface area (Å²) in [5.74, 6) is 0.670. The molecule has 0 heterocycles. The molecule has 0 bridgehead atoms. The molecule has 0 radical (unpaired) electrons. The zero-order valence-electron chi connectivity index (χ0n) is 13.1. The molecule has 122 valence electrons. The molecule has 3 aliphatic carbocycles. The third-order valence-electron chi connectivity index (χ3n) is 5.65. The maximum absolute atomic E-state index is 6.13. The Morgan fingerprint density at radius 1 is 1.24 bits per heavy atom. The molecule has 0 saturated heterocycles. The van der Waals surface area contributed by atoms with E-state index < -0.39 is 0 Å². The van der Waals surface area contributed by atoms with E-state index in [9.17, 15) is 0 Å². The van der Waals surface area contributed by atoms with Gasteiger partial charge in [-0.15, -0.1) is 24.0 Å². The molecule has 1 spiro atoms. The SMILES string of the molecule is CCOC1CC(N=C(N)NC2CCCCC2)C12CCC2.I. The van der Waals surface area contributed by atoms with E-state index in [2.05, 4.69) is 12.2 Å². The van der Waals surface area contributed by atoms with Crippen LogP contribution in [0, 0.1) is 5.41 Å². The molecule has 2 atom stereocenters. The number of halogens is 1. The van der Waals surface area contributed by atoms with E-state index in [1.807, 2.05) is 0 Å². The summed E-state index contributed by atoms with van der Waals surface area (Å²) >= 11 is 0. The Morgan fingerprint density at radius 2 is 1.95 bits per heavy atom. The van der Waals surface area contributed by atoms with Crippen LogP contribution < -0.4 is 11.1 Å². The summed E-state index contributed by atoms with van der Waals surface area (Å²) in [5, 5.41) is 3.44. The normalized spacial score (nSPS) is 32.0. The minimum absolute atomic E-state index is 0. The van der Waals surface area contributed by atoms with Crippen LogP contribution >= 0.6 is 24.0 Å². The fourth-order valence-corrected chi connectivity index (χ4v) is 4.24. The second-order valence-corrected chi connectivity index (χ2v) is 6.78. The fourth-order valence-electron chi connectivity index (χ4n) is 4.24. The Kier molecular flexibility index (Phi) is 6.17. The second kappa shape index (κ2) is 7.49. The van der Waals surface area contributed by atoms with Crippen LogP contribution in [-0.2, 0) is 4.74 Å². The molecule has 3 aliphatic rings. The van der Waals surface area contributed by atoms with E-state index in [4.69, 9.17) is 15.5 Å². The van der Waals surface area contributed by atoms with Crippen LogP contribution in [0.4, 0.5) is 0 Å². The number of ether oxygens (including phenoxy) is 1. The van der Waals surface area contributed by atoms with E-state index in [1.165, 1.54) is 51.4 Å². The molecule has 0 aliphatic heterocycles. The van der Waals surface area contributed by atoms with Crippen molar-refractivity contribution in [1.82, 2.24) is 5.32 Å². The van der Waals surface area contributed by atoms with Crippen molar-refractivity contribution in [3.63, 3.8) is 0 Å². The van der Waals surface area contributed by atoms with Crippen LogP contribution in [0.1, 0.15) is 64.7 Å². The number of hydrogen-bond acceptors (Lipinski definition) is 2. The highest BCUT2D eigenvalue weighted by Crippen LogP contribution is 2.58. The van der Waals surface area contributed by atoms with Gasteiger partial charge < -0.3 is 15.8 Å². The van der Waals surface area contributed by atoms with Gasteiger partial charge >= 0.3 is 0 Å². The Balaban J connectivity index is 0.00000161. The van der Waals surface area contributed by atoms with E-state index in [1.54, 1.807) is 0 Å². The quantitative estimate of drug-likeness (QED) is 0.428. The summed E-state index contributed by atoms with van der Waals surface area (Å²) in [5.41, 5.74) is 6.46. The molecule has 0 aromatic rings. The van der Waals surface area contributed by atoms with Gasteiger partial charge in [-0.3, -0.25) is 0 Å². The van der Waals surface area contributed by atoms with Crippen molar-refractivity contribution in [2.45, 2.75) is 82.9 Å². The van der Waals surface area contributed by atoms with Gasteiger partial charge in [-0.1, -0.05) is 25.7 Å². The molecule has 3 N–H and O–H groups in total. The molecule has 3 rings (SSSR count). The smallest absolute Gasteiger partial charge is 0.189 e. The van der Waals surface area contributed by atoms with Crippen molar-refractivity contribution in [2.75, 3.05) is 6.61 Å². The maximum atomic E-state index is 6.13. The van der Waals surface area contributed by atoms with Crippen LogP contribution in [0.5, 0.6) is 0 Å². The Bertz CT molecular complexity index is 365. The van der Waals surface area contributed by atoms with Crippen LogP contribution in [0.3, 0.4) is 0 Å². The van der Waals surface area contributed by atoms with Gasteiger partial charge in [0.05, 0.1) is 12.1 Å². The zero-order chi connectivity index (χ0) is 14.0. The van der Waals surface area contributed by atoms with Crippen molar-refractivity contribution < 1.29 is 4.74 Å². The first-order valence-corrected chi connectivity index (χ1v) is 8.46. The van der Waals surface area contributed by atoms with Crippen molar-refractivity contribution >= 4 is 29.9 Å². The highest BCUT2D eigenvalue weighted by atomic mass is 127. The van der Waals surface area contributed by atoms with Crippen molar-refractivity contribution in [2.24, 2.45) is 16.1 Å². The van der Waals surface area contributed by atoms with Gasteiger partial charge in [0.2, 0.25) is 0 Å². The van der Waals surface area contributed by atoms with E-state index in [0.29, 0.717) is 29.6 Å². The van der Waals surface area contributed by atoms with Crippen LogP contribution in [-0.4, -0.2) is 30.8 Å². The van der Waals surface area contributed by atoms with Crippen LogP contribution in [0.15, 0.2) is 4.99 Å². The maximum Gasteiger partial charge on any atom is 0.189 e. The molecule has 0 aromatic carbocycles. The van der Waals surface area contributed by atoms with Gasteiger partial charge in [-0.2, -0.15) is 0 Å². The molecule has 3 fully saturated rings. The topological polar surface area (TPSA) is 59.6 Å². The Morgan fingerprint density at radius 3 is 2.52 bits per heavy atom. The average molecular weight is 407 g/mol. The van der Waals surface area contributed by atoms with Gasteiger partial charge in [-0.05, 0) is 39.0 Å². The van der Waals surface area contributed by atoms with Gasteiger partial charge in [-0.25, -0.2) is 4.99 Å². The molecule has 2 unspecified atom stereocenters. The van der Waals surface area contributed by atoms with Crippen LogP contribution in [0.2, 0.25) is 0 Å². The number of guanidine groups is 1. The molecular weight excluding hydrogens is 377 g/mol. The summed E-state index contributed by atoms with van der Waals surface area (Å²) in [6.07, 6.45) is 11.9. The standard InChI is InChI=1S/C16H29N3O.HI/c1-2-20-14-11-13(16(14)9-6-10-16)19-15(17)18-12-7-4-3-5-8-12;/h12-14H,2-11H2,1H3,(H3,17,18,19);1H. The third kappa shape index (κ3) is 3.49. The largest absolute Gasteiger partial charge is 0.378 e. The molecule has 0 amide bonds. The lowest BCUT2D eigenvalue weighted by Crippen LogP contribution is -2.62. The predicted molar refractivity (Wildman–Crippen MR) is 97.1 cm³/mol. The number of nitrogens with zero attached hydrogens (tertiary/aromatic N) is 1. The first-order chi connectivity index (χ1) is 9.74. The second-order valence-electron chi connectivity index (χ2n) is 6.78. The minimum atomic E-state index is 0. The first kappa shape index (κ1) is 17.3. The van der Waals surface area contributed by atoms with E-state index >= 15 is 0 Å². The number of hydrogen-bond donors (Lipinski definition) is 2. The van der Waals surface area contributed by atoms with Gasteiger partial charge in [0.15, 0.2) is 5.96 Å². The third-order valence-corrected chi connectivity index (χ3v) is 5.65. The van der Waals surface area contributed by atoms with E-state index in [-0.39, 0.29) is 24.0 Å². The summed E-state index contributed by atoms with van der Waals surface area (Å²) < 4.78 is 5.87. The highest BCUT2D eigenvalue weighted by molar-refractivity contribution is 14.0. The fraction of sp³-hybridized carbons (Fsp3) is 0.938. The van der Waals surface area contributed by atoms with Gasteiger partial charge in [0.25, 0.3) is 0 Å². The molecule has 5 heteroatoms. The van der Waals surface area contributed by atoms with Crippen molar-refractivity contribution in [1.29, 1.82) is 0 Å². The lowest BCUT2D eigenvalue weighted by atomic mass is 9.51. The van der Waals surface area contributed by atoms with Gasteiger partial charge in [0, 0.05) is 18.1 Å². The van der Waals surface area contributed by atoms with Crippen LogP contribution in [0.25, 0.3) is 0 Å². The van der Waals surface area contributed by atoms with Gasteiger partial charge in [0.1, 0.15) is 0 Å². The van der Waals surface area contributed by atoms with Crippen molar-refractivity contribution in [3.8, 4) is 0 Å². The minimum Gasteiger partial charge on any atom is -0.378 e. The first-order valence-electron chi connectivity index (χ1n) is 8.46. The molecule has 0 aromatic heterocycles. The molecule has 4 nitrogen and oxygen atoms in total. The number of aliphatic imine (C=N–C) groups is 1. The summed E-state index contributed by atoms with van der Waals surface area (Å²) in [6.45, 7) is 2.90. The molecular formula is C16H30IN3O. The number of nitrogens with two attached hydrogens (primary N) is 1. The summed E-state index contributed by atoms with van der Waals surface area (Å²) in [7, 11) is 0. The Hall–Kier alpha value is -0.0400. The van der Waals surface area contributed by atoms with Crippen molar-refractivity contribution in [3.05, 3.63) is 0 Å². The summed E-state index contributed by atoms with van der Waals surface area (Å²) in [4.78, 5) is 4.79. The lowest BCUT2D eigenvalue weighted by Gasteiger charge is -2.59. The summed E-state index contributed by atoms with van der Waals surface area (Å²) in [6, 6.07) is 0.941. The number of rotatable bonds is 4. The molecule has 21 heavy (non-hydrogen) atoms. The Labute approximate surface area is 145 Å². The highest BCUT2D eigenvalue weighted by Gasteiger charge is 2.59. The monoisotopic (exact) mass is 407 g/mol. The average Bonchev–Trinajstić information content (AvgIpc) is 2.36. The predicted octanol–water partition coefficient (Wildman–Crippen LogP) is 3.19. The number of nitrogens with one attached hydrogen (secondary N) is 1. The lowest BCUT2D eigenvalue weighted by molar-refractivity contribution is -0.162. The molecule has 3 saturated carbocycles.